The van der Waals surface area contributed by atoms with Crippen LogP contribution in [0.1, 0.15) is 19.3 Å². The summed E-state index contributed by atoms with van der Waals surface area (Å²) in [4.78, 5) is 13.1. The molecular formula is C14H21NO3. The Labute approximate surface area is 108 Å². The average molecular weight is 251 g/mol. The molecule has 0 aromatic carbocycles. The van der Waals surface area contributed by atoms with Gasteiger partial charge in [-0.15, -0.1) is 0 Å². The number of hydrogen-bond acceptors (Lipinski definition) is 4. The zero-order chi connectivity index (χ0) is 13.4. The van der Waals surface area contributed by atoms with Gasteiger partial charge in [0.05, 0.1) is 5.57 Å². The topological polar surface area (TPSA) is 49.8 Å². The maximum absolute atomic E-state index is 10.8. The van der Waals surface area contributed by atoms with Crippen molar-refractivity contribution in [2.45, 2.75) is 19.3 Å². The molecule has 1 aliphatic rings. The molecular weight excluding hydrogens is 230 g/mol. The van der Waals surface area contributed by atoms with Gasteiger partial charge in [0.15, 0.2) is 6.29 Å². The highest BCUT2D eigenvalue weighted by molar-refractivity contribution is 5.79. The number of rotatable bonds is 7. The van der Waals surface area contributed by atoms with Crippen LogP contribution in [0, 0.1) is 0 Å². The number of hydrogen-bond donors (Lipinski definition) is 1. The smallest absolute Gasteiger partial charge is 0.153 e. The first-order valence-electron chi connectivity index (χ1n) is 6.22. The maximum atomic E-state index is 10.8. The van der Waals surface area contributed by atoms with E-state index in [0.717, 1.165) is 19.6 Å². The van der Waals surface area contributed by atoms with Crippen molar-refractivity contribution in [2.24, 2.45) is 0 Å². The molecule has 1 heterocycles. The number of aldehydes is 1. The summed E-state index contributed by atoms with van der Waals surface area (Å²) in [6.07, 6.45) is 5.64. The molecule has 0 bridgehead atoms. The third kappa shape index (κ3) is 5.19. The molecule has 1 N–H and O–H groups in total. The number of carbonyl (C=O) groups excluding carboxylic acids is 1. The standard InChI is InChI=1S/C14H21NO3/c1-12(17)10-14(11-16)13(2)18-9-8-15-6-4-3-5-7-15/h10-11,17H,1-9H2/b14-10-. The van der Waals surface area contributed by atoms with Crippen molar-refractivity contribution < 1.29 is 14.6 Å². The summed E-state index contributed by atoms with van der Waals surface area (Å²) in [5.41, 5.74) is 0.223. The molecule has 0 aromatic rings. The highest BCUT2D eigenvalue weighted by Gasteiger charge is 2.10. The minimum Gasteiger partial charge on any atom is -0.509 e. The number of likely N-dealkylation sites (tertiary alicyclic amines) is 1. The van der Waals surface area contributed by atoms with E-state index in [9.17, 15) is 4.79 Å². The molecule has 1 aliphatic heterocycles. The highest BCUT2D eigenvalue weighted by atomic mass is 16.5. The normalized spacial score (nSPS) is 17.2. The van der Waals surface area contributed by atoms with Gasteiger partial charge >= 0.3 is 0 Å². The quantitative estimate of drug-likeness (QED) is 0.326. The predicted octanol–water partition coefficient (Wildman–Crippen LogP) is 2.20. The Bertz CT molecular complexity index is 341. The summed E-state index contributed by atoms with van der Waals surface area (Å²) in [5, 5.41) is 9.00. The van der Waals surface area contributed by atoms with E-state index in [-0.39, 0.29) is 17.1 Å². The van der Waals surface area contributed by atoms with Gasteiger partial charge in [-0.05, 0) is 32.0 Å². The van der Waals surface area contributed by atoms with Crippen molar-refractivity contribution in [3.63, 3.8) is 0 Å². The van der Waals surface area contributed by atoms with Crippen molar-refractivity contribution in [3.8, 4) is 0 Å². The van der Waals surface area contributed by atoms with Crippen LogP contribution in [0.25, 0.3) is 0 Å². The van der Waals surface area contributed by atoms with E-state index in [0.29, 0.717) is 12.9 Å². The lowest BCUT2D eigenvalue weighted by Gasteiger charge is -2.26. The van der Waals surface area contributed by atoms with E-state index < -0.39 is 0 Å². The highest BCUT2D eigenvalue weighted by Crippen LogP contribution is 2.11. The molecule has 1 saturated heterocycles. The monoisotopic (exact) mass is 251 g/mol. The molecule has 100 valence electrons. The average Bonchev–Trinajstić information content (AvgIpc) is 2.36. The fourth-order valence-electron chi connectivity index (χ4n) is 1.92. The van der Waals surface area contributed by atoms with Gasteiger partial charge in [0.1, 0.15) is 18.1 Å². The second kappa shape index (κ2) is 7.71. The molecule has 0 amide bonds. The Morgan fingerprint density at radius 3 is 2.50 bits per heavy atom. The van der Waals surface area contributed by atoms with Crippen LogP contribution in [0.15, 0.2) is 36.3 Å². The van der Waals surface area contributed by atoms with Crippen LogP contribution >= 0.6 is 0 Å². The number of ether oxygens (including phenoxy) is 1. The SMILES string of the molecule is C=C(O)/C=C(/C=O)C(=C)OCCN1CCCCC1. The lowest BCUT2D eigenvalue weighted by atomic mass is 10.1. The van der Waals surface area contributed by atoms with Crippen molar-refractivity contribution >= 4 is 6.29 Å². The Hall–Kier alpha value is -1.55. The first-order chi connectivity index (χ1) is 8.63. The van der Waals surface area contributed by atoms with Gasteiger partial charge < -0.3 is 9.84 Å². The number of piperidine rings is 1. The molecule has 1 fully saturated rings. The summed E-state index contributed by atoms with van der Waals surface area (Å²) < 4.78 is 5.41. The van der Waals surface area contributed by atoms with Gasteiger partial charge in [-0.1, -0.05) is 19.6 Å². The van der Waals surface area contributed by atoms with Gasteiger partial charge in [0.2, 0.25) is 0 Å². The van der Waals surface area contributed by atoms with Gasteiger partial charge in [0, 0.05) is 6.54 Å². The molecule has 0 aromatic heterocycles. The summed E-state index contributed by atoms with van der Waals surface area (Å²) in [7, 11) is 0. The Kier molecular flexibility index (Phi) is 6.22. The van der Waals surface area contributed by atoms with Gasteiger partial charge in [0.25, 0.3) is 0 Å². The van der Waals surface area contributed by atoms with E-state index in [2.05, 4.69) is 18.1 Å². The maximum Gasteiger partial charge on any atom is 0.153 e. The van der Waals surface area contributed by atoms with E-state index in [4.69, 9.17) is 9.84 Å². The van der Waals surface area contributed by atoms with Crippen molar-refractivity contribution in [1.29, 1.82) is 0 Å². The fourth-order valence-corrected chi connectivity index (χ4v) is 1.92. The summed E-state index contributed by atoms with van der Waals surface area (Å²) in [6, 6.07) is 0. The van der Waals surface area contributed by atoms with Crippen LogP contribution in [-0.4, -0.2) is 42.5 Å². The second-order valence-electron chi connectivity index (χ2n) is 4.38. The van der Waals surface area contributed by atoms with Crippen LogP contribution in [0.5, 0.6) is 0 Å². The molecule has 0 spiro atoms. The molecule has 0 aliphatic carbocycles. The molecule has 18 heavy (non-hydrogen) atoms. The zero-order valence-electron chi connectivity index (χ0n) is 10.7. The Balaban J connectivity index is 2.31. The summed E-state index contributed by atoms with van der Waals surface area (Å²) >= 11 is 0. The number of aliphatic hydroxyl groups excluding tert-OH is 1. The molecule has 0 saturated carbocycles. The van der Waals surface area contributed by atoms with Crippen LogP contribution in [-0.2, 0) is 9.53 Å². The minimum absolute atomic E-state index is 0.183. The van der Waals surface area contributed by atoms with E-state index in [1.165, 1.54) is 25.3 Å². The molecule has 1 rings (SSSR count). The van der Waals surface area contributed by atoms with Gasteiger partial charge in [-0.3, -0.25) is 9.69 Å². The Morgan fingerprint density at radius 2 is 1.94 bits per heavy atom. The largest absolute Gasteiger partial charge is 0.509 e. The third-order valence-corrected chi connectivity index (χ3v) is 2.90. The minimum atomic E-state index is -0.183. The third-order valence-electron chi connectivity index (χ3n) is 2.90. The second-order valence-corrected chi connectivity index (χ2v) is 4.38. The van der Waals surface area contributed by atoms with Crippen LogP contribution < -0.4 is 0 Å². The summed E-state index contributed by atoms with van der Waals surface area (Å²) in [5.74, 6) is 0.0927. The van der Waals surface area contributed by atoms with Crippen LogP contribution in [0.4, 0.5) is 0 Å². The van der Waals surface area contributed by atoms with E-state index >= 15 is 0 Å². The molecule has 0 unspecified atom stereocenters. The summed E-state index contributed by atoms with van der Waals surface area (Å²) in [6.45, 7) is 10.5. The fraction of sp³-hybridized carbons (Fsp3) is 0.500. The lowest BCUT2D eigenvalue weighted by molar-refractivity contribution is -0.105. The van der Waals surface area contributed by atoms with Gasteiger partial charge in [-0.2, -0.15) is 0 Å². The van der Waals surface area contributed by atoms with E-state index in [1.54, 1.807) is 0 Å². The lowest BCUT2D eigenvalue weighted by Crippen LogP contribution is -2.32. The van der Waals surface area contributed by atoms with Crippen molar-refractivity contribution in [3.05, 3.63) is 36.3 Å². The first kappa shape index (κ1) is 14.5. The van der Waals surface area contributed by atoms with E-state index in [1.807, 2.05) is 0 Å². The molecule has 0 radical (unpaired) electrons. The van der Waals surface area contributed by atoms with Gasteiger partial charge in [-0.25, -0.2) is 0 Å². The number of nitrogens with zero attached hydrogens (tertiary/aromatic N) is 1. The first-order valence-corrected chi connectivity index (χ1v) is 6.22. The van der Waals surface area contributed by atoms with Crippen molar-refractivity contribution in [1.82, 2.24) is 4.90 Å². The van der Waals surface area contributed by atoms with Crippen LogP contribution in [0.3, 0.4) is 0 Å². The molecule has 0 atom stereocenters. The molecule has 4 nitrogen and oxygen atoms in total. The number of aliphatic hydroxyl groups is 1. The number of carbonyl (C=O) groups is 1. The van der Waals surface area contributed by atoms with Crippen LogP contribution in [0.2, 0.25) is 0 Å². The molecule has 4 heteroatoms. The van der Waals surface area contributed by atoms with Crippen molar-refractivity contribution in [2.75, 3.05) is 26.2 Å². The number of allylic oxidation sites excluding steroid dienone is 2. The predicted molar refractivity (Wildman–Crippen MR) is 71.3 cm³/mol. The zero-order valence-corrected chi connectivity index (χ0v) is 10.7. The Morgan fingerprint density at radius 1 is 1.28 bits per heavy atom.